The summed E-state index contributed by atoms with van der Waals surface area (Å²) < 4.78 is 0. The van der Waals surface area contributed by atoms with E-state index in [0.717, 1.165) is 31.2 Å². The molecule has 0 heterocycles. The number of aryl methyl sites for hydroxylation is 3. The van der Waals surface area contributed by atoms with E-state index in [9.17, 15) is 9.90 Å². The molecule has 4 rings (SSSR count). The lowest BCUT2D eigenvalue weighted by Gasteiger charge is -2.36. The maximum atomic E-state index is 12.1. The first-order chi connectivity index (χ1) is 12.1. The summed E-state index contributed by atoms with van der Waals surface area (Å²) >= 11 is 0. The Kier molecular flexibility index (Phi) is 4.22. The molecule has 0 aliphatic heterocycles. The Morgan fingerprint density at radius 2 is 1.80 bits per heavy atom. The number of aliphatic hydroxyl groups is 2. The SMILES string of the molecule is O=C(CCO)CC1(O)CCCc2cc3c(cc21)-c1ccccc1CC3. The van der Waals surface area contributed by atoms with Crippen LogP contribution in [-0.2, 0) is 29.7 Å². The van der Waals surface area contributed by atoms with Gasteiger partial charge in [0.1, 0.15) is 5.78 Å². The number of Topliss-reactive ketones (excluding diaryl/α,β-unsaturated/α-hetero) is 1. The number of fused-ring (bicyclic) bond motifs is 4. The third-order valence-electron chi connectivity index (χ3n) is 5.72. The lowest BCUT2D eigenvalue weighted by Crippen LogP contribution is -2.34. The molecular weight excluding hydrogens is 312 g/mol. The molecule has 2 aliphatic rings. The zero-order valence-corrected chi connectivity index (χ0v) is 14.4. The number of benzene rings is 2. The highest BCUT2D eigenvalue weighted by molar-refractivity contribution is 5.80. The van der Waals surface area contributed by atoms with E-state index in [2.05, 4.69) is 36.4 Å². The van der Waals surface area contributed by atoms with E-state index in [1.165, 1.54) is 27.8 Å². The van der Waals surface area contributed by atoms with Gasteiger partial charge >= 0.3 is 0 Å². The first-order valence-electron chi connectivity index (χ1n) is 9.20. The topological polar surface area (TPSA) is 57.5 Å². The van der Waals surface area contributed by atoms with Crippen molar-refractivity contribution in [2.75, 3.05) is 6.61 Å². The summed E-state index contributed by atoms with van der Waals surface area (Å²) in [5, 5.41) is 20.3. The molecule has 130 valence electrons. The standard InChI is InChI=1S/C22H24O3/c23-11-9-18(24)14-22(25)10-3-5-17-12-16-8-7-15-4-1-2-6-19(15)20(16)13-21(17)22/h1-2,4,6,12-13,23,25H,3,5,7-11,14H2. The molecule has 0 fully saturated rings. The molecule has 1 unspecified atom stereocenters. The highest BCUT2D eigenvalue weighted by Crippen LogP contribution is 2.43. The van der Waals surface area contributed by atoms with Crippen molar-refractivity contribution in [1.29, 1.82) is 0 Å². The summed E-state index contributed by atoms with van der Waals surface area (Å²) in [6, 6.07) is 12.8. The van der Waals surface area contributed by atoms with Gasteiger partial charge in [-0.15, -0.1) is 0 Å². The smallest absolute Gasteiger partial charge is 0.138 e. The Bertz CT molecular complexity index is 824. The van der Waals surface area contributed by atoms with Crippen molar-refractivity contribution in [3.8, 4) is 11.1 Å². The first kappa shape index (κ1) is 16.5. The lowest BCUT2D eigenvalue weighted by molar-refractivity contribution is -0.125. The van der Waals surface area contributed by atoms with Gasteiger partial charge in [0.2, 0.25) is 0 Å². The van der Waals surface area contributed by atoms with Crippen LogP contribution in [0.2, 0.25) is 0 Å². The van der Waals surface area contributed by atoms with Gasteiger partial charge in [0.25, 0.3) is 0 Å². The van der Waals surface area contributed by atoms with Crippen LogP contribution in [0.3, 0.4) is 0 Å². The largest absolute Gasteiger partial charge is 0.396 e. The summed E-state index contributed by atoms with van der Waals surface area (Å²) in [7, 11) is 0. The predicted molar refractivity (Wildman–Crippen MR) is 97.4 cm³/mol. The Hall–Kier alpha value is -1.97. The molecule has 3 heteroatoms. The normalized spacial score (nSPS) is 21.2. The number of aliphatic hydroxyl groups excluding tert-OH is 1. The summed E-state index contributed by atoms with van der Waals surface area (Å²) in [4.78, 5) is 12.1. The van der Waals surface area contributed by atoms with Gasteiger partial charge in [-0.05, 0) is 71.6 Å². The molecule has 2 aromatic carbocycles. The molecule has 2 aromatic rings. The Morgan fingerprint density at radius 3 is 2.64 bits per heavy atom. The van der Waals surface area contributed by atoms with Crippen LogP contribution in [0.4, 0.5) is 0 Å². The van der Waals surface area contributed by atoms with E-state index in [1.807, 2.05) is 0 Å². The second kappa shape index (κ2) is 6.40. The van der Waals surface area contributed by atoms with Crippen molar-refractivity contribution in [2.24, 2.45) is 0 Å². The predicted octanol–water partition coefficient (Wildman–Crippen LogP) is 3.32. The quantitative estimate of drug-likeness (QED) is 0.900. The second-order valence-electron chi connectivity index (χ2n) is 7.40. The molecule has 3 nitrogen and oxygen atoms in total. The van der Waals surface area contributed by atoms with Crippen LogP contribution in [-0.4, -0.2) is 22.6 Å². The van der Waals surface area contributed by atoms with E-state index >= 15 is 0 Å². The van der Waals surface area contributed by atoms with Crippen molar-refractivity contribution < 1.29 is 15.0 Å². The van der Waals surface area contributed by atoms with Gasteiger partial charge in [0, 0.05) is 19.4 Å². The summed E-state index contributed by atoms with van der Waals surface area (Å²) in [5.41, 5.74) is 6.16. The number of hydrogen-bond acceptors (Lipinski definition) is 3. The van der Waals surface area contributed by atoms with Gasteiger partial charge in [-0.25, -0.2) is 0 Å². The number of hydrogen-bond donors (Lipinski definition) is 2. The second-order valence-corrected chi connectivity index (χ2v) is 7.40. The Balaban J connectivity index is 1.80. The maximum absolute atomic E-state index is 12.1. The van der Waals surface area contributed by atoms with Crippen LogP contribution >= 0.6 is 0 Å². The molecule has 0 aromatic heterocycles. The molecule has 2 aliphatic carbocycles. The number of rotatable bonds is 4. The molecule has 0 saturated carbocycles. The van der Waals surface area contributed by atoms with Crippen molar-refractivity contribution >= 4 is 5.78 Å². The van der Waals surface area contributed by atoms with E-state index < -0.39 is 5.60 Å². The number of carbonyl (C=O) groups excluding carboxylic acids is 1. The molecule has 0 saturated heterocycles. The molecule has 0 amide bonds. The molecule has 0 radical (unpaired) electrons. The average Bonchev–Trinajstić information content (AvgIpc) is 2.60. The molecular formula is C22H24O3. The van der Waals surface area contributed by atoms with E-state index in [4.69, 9.17) is 5.11 Å². The van der Waals surface area contributed by atoms with E-state index in [-0.39, 0.29) is 25.2 Å². The first-order valence-corrected chi connectivity index (χ1v) is 9.20. The van der Waals surface area contributed by atoms with Gasteiger partial charge in [0.15, 0.2) is 0 Å². The molecule has 0 bridgehead atoms. The fourth-order valence-corrected chi connectivity index (χ4v) is 4.49. The average molecular weight is 336 g/mol. The third-order valence-corrected chi connectivity index (χ3v) is 5.72. The van der Waals surface area contributed by atoms with Crippen LogP contribution in [0.25, 0.3) is 11.1 Å². The van der Waals surface area contributed by atoms with E-state index in [0.29, 0.717) is 6.42 Å². The van der Waals surface area contributed by atoms with Crippen molar-refractivity contribution in [2.45, 2.75) is 50.5 Å². The molecule has 1 atom stereocenters. The van der Waals surface area contributed by atoms with Gasteiger partial charge in [0.05, 0.1) is 5.60 Å². The van der Waals surface area contributed by atoms with Crippen LogP contribution in [0.15, 0.2) is 36.4 Å². The zero-order valence-electron chi connectivity index (χ0n) is 14.4. The van der Waals surface area contributed by atoms with Crippen molar-refractivity contribution in [3.63, 3.8) is 0 Å². The van der Waals surface area contributed by atoms with Gasteiger partial charge in [-0.3, -0.25) is 4.79 Å². The number of carbonyl (C=O) groups is 1. The number of ketones is 1. The van der Waals surface area contributed by atoms with Crippen LogP contribution < -0.4 is 0 Å². The van der Waals surface area contributed by atoms with Gasteiger partial charge in [-0.2, -0.15) is 0 Å². The molecule has 25 heavy (non-hydrogen) atoms. The van der Waals surface area contributed by atoms with Crippen LogP contribution in [0, 0.1) is 0 Å². The zero-order chi connectivity index (χ0) is 17.4. The summed E-state index contributed by atoms with van der Waals surface area (Å²) in [5.74, 6) is -0.0732. The summed E-state index contributed by atoms with van der Waals surface area (Å²) in [6.07, 6.45) is 4.76. The van der Waals surface area contributed by atoms with Crippen molar-refractivity contribution in [3.05, 3.63) is 58.7 Å². The fourth-order valence-electron chi connectivity index (χ4n) is 4.49. The van der Waals surface area contributed by atoms with Crippen LogP contribution in [0.1, 0.15) is 47.9 Å². The highest BCUT2D eigenvalue weighted by atomic mass is 16.3. The Morgan fingerprint density at radius 1 is 1.00 bits per heavy atom. The molecule has 2 N–H and O–H groups in total. The van der Waals surface area contributed by atoms with Crippen molar-refractivity contribution in [1.82, 2.24) is 0 Å². The minimum Gasteiger partial charge on any atom is -0.396 e. The maximum Gasteiger partial charge on any atom is 0.138 e. The third kappa shape index (κ3) is 2.92. The van der Waals surface area contributed by atoms with E-state index in [1.54, 1.807) is 0 Å². The Labute approximate surface area is 148 Å². The minimum atomic E-state index is -1.10. The van der Waals surface area contributed by atoms with Gasteiger partial charge in [-0.1, -0.05) is 30.3 Å². The fraction of sp³-hybridized carbons (Fsp3) is 0.409. The highest BCUT2D eigenvalue weighted by Gasteiger charge is 2.37. The lowest BCUT2D eigenvalue weighted by atomic mass is 9.73. The molecule has 0 spiro atoms. The van der Waals surface area contributed by atoms with Crippen LogP contribution in [0.5, 0.6) is 0 Å². The van der Waals surface area contributed by atoms with Gasteiger partial charge < -0.3 is 10.2 Å². The minimum absolute atomic E-state index is 0.0732. The monoisotopic (exact) mass is 336 g/mol. The summed E-state index contributed by atoms with van der Waals surface area (Å²) in [6.45, 7) is -0.153.